The van der Waals surface area contributed by atoms with E-state index in [4.69, 9.17) is 0 Å². The molecule has 18 heavy (non-hydrogen) atoms. The molecule has 0 saturated heterocycles. The van der Waals surface area contributed by atoms with Crippen LogP contribution < -0.4 is 5.32 Å². The normalized spacial score (nSPS) is 38.6. The summed E-state index contributed by atoms with van der Waals surface area (Å²) in [5.74, 6) is 0.272. The van der Waals surface area contributed by atoms with Crippen molar-refractivity contribution in [3.63, 3.8) is 0 Å². The average molecular weight is 253 g/mol. The molecule has 2 rings (SSSR count). The number of hydrogen-bond donors (Lipinski definition) is 2. The first kappa shape index (κ1) is 13.9. The van der Waals surface area contributed by atoms with Crippen molar-refractivity contribution in [2.45, 2.75) is 76.8 Å². The van der Waals surface area contributed by atoms with Crippen LogP contribution in [0.2, 0.25) is 0 Å². The Morgan fingerprint density at radius 2 is 1.83 bits per heavy atom. The molecule has 0 aromatic rings. The molecule has 0 heterocycles. The van der Waals surface area contributed by atoms with E-state index in [-0.39, 0.29) is 5.92 Å². The number of rotatable bonds is 3. The second-order valence-electron chi connectivity index (χ2n) is 6.54. The first-order chi connectivity index (χ1) is 8.54. The number of hydrogen-bond acceptors (Lipinski definition) is 2. The van der Waals surface area contributed by atoms with E-state index in [2.05, 4.69) is 19.2 Å². The lowest BCUT2D eigenvalue weighted by Crippen LogP contribution is -2.62. The highest BCUT2D eigenvalue weighted by atomic mass is 16.4. The van der Waals surface area contributed by atoms with Gasteiger partial charge in [0.05, 0.1) is 0 Å². The minimum Gasteiger partial charge on any atom is -0.480 e. The number of nitrogens with one attached hydrogen (secondary N) is 1. The van der Waals surface area contributed by atoms with E-state index in [1.54, 1.807) is 0 Å². The Morgan fingerprint density at radius 1 is 1.17 bits per heavy atom. The van der Waals surface area contributed by atoms with E-state index in [1.165, 1.54) is 19.3 Å². The summed E-state index contributed by atoms with van der Waals surface area (Å²) < 4.78 is 0. The molecule has 0 bridgehead atoms. The Bertz CT molecular complexity index is 299. The van der Waals surface area contributed by atoms with E-state index in [9.17, 15) is 9.90 Å². The lowest BCUT2D eigenvalue weighted by Gasteiger charge is -2.44. The molecular formula is C15H27NO2. The van der Waals surface area contributed by atoms with Crippen LogP contribution in [0.25, 0.3) is 0 Å². The third kappa shape index (κ3) is 2.71. The van der Waals surface area contributed by atoms with Gasteiger partial charge in [0.2, 0.25) is 0 Å². The van der Waals surface area contributed by atoms with Gasteiger partial charge in [-0.1, -0.05) is 33.1 Å². The minimum atomic E-state index is -0.658. The maximum Gasteiger partial charge on any atom is 0.324 e. The van der Waals surface area contributed by atoms with Crippen LogP contribution in [0.3, 0.4) is 0 Å². The van der Waals surface area contributed by atoms with Crippen molar-refractivity contribution in [1.82, 2.24) is 5.32 Å². The highest BCUT2D eigenvalue weighted by Gasteiger charge is 2.47. The van der Waals surface area contributed by atoms with Crippen LogP contribution in [0, 0.1) is 11.8 Å². The Balaban J connectivity index is 2.08. The zero-order valence-electron chi connectivity index (χ0n) is 11.7. The third-order valence-electron chi connectivity index (χ3n) is 5.08. The van der Waals surface area contributed by atoms with Crippen molar-refractivity contribution in [2.24, 2.45) is 11.8 Å². The Kier molecular flexibility index (Phi) is 4.31. The van der Waals surface area contributed by atoms with Gasteiger partial charge in [-0.05, 0) is 43.9 Å². The summed E-state index contributed by atoms with van der Waals surface area (Å²) in [5.41, 5.74) is -0.658. The van der Waals surface area contributed by atoms with Crippen LogP contribution in [0.15, 0.2) is 0 Å². The molecule has 2 saturated carbocycles. The summed E-state index contributed by atoms with van der Waals surface area (Å²) in [5, 5.41) is 13.3. The van der Waals surface area contributed by atoms with Crippen LogP contribution in [0.4, 0.5) is 0 Å². The predicted molar refractivity (Wildman–Crippen MR) is 72.6 cm³/mol. The molecule has 2 aliphatic carbocycles. The third-order valence-corrected chi connectivity index (χ3v) is 5.08. The molecule has 0 aromatic heterocycles. The maximum absolute atomic E-state index is 11.8. The first-order valence-electron chi connectivity index (χ1n) is 7.55. The van der Waals surface area contributed by atoms with Crippen molar-refractivity contribution < 1.29 is 9.90 Å². The topological polar surface area (TPSA) is 49.3 Å². The molecule has 3 unspecified atom stereocenters. The van der Waals surface area contributed by atoms with Gasteiger partial charge in [-0.2, -0.15) is 0 Å². The van der Waals surface area contributed by atoms with Crippen molar-refractivity contribution in [1.29, 1.82) is 0 Å². The van der Waals surface area contributed by atoms with Crippen molar-refractivity contribution in [3.05, 3.63) is 0 Å². The number of carboxylic acid groups (broad SMARTS) is 1. The van der Waals surface area contributed by atoms with Crippen LogP contribution in [0.1, 0.15) is 65.2 Å². The Hall–Kier alpha value is -0.570. The van der Waals surface area contributed by atoms with Crippen LogP contribution in [-0.2, 0) is 4.79 Å². The summed E-state index contributed by atoms with van der Waals surface area (Å²) in [6.45, 7) is 4.35. The van der Waals surface area contributed by atoms with Crippen molar-refractivity contribution >= 4 is 5.97 Å². The molecule has 0 amide bonds. The number of carbonyl (C=O) groups is 1. The smallest absolute Gasteiger partial charge is 0.324 e. The summed E-state index contributed by atoms with van der Waals surface area (Å²) in [6, 6.07) is 0.422. The number of aliphatic carboxylic acids is 1. The molecule has 2 fully saturated rings. The molecule has 3 heteroatoms. The highest BCUT2D eigenvalue weighted by molar-refractivity contribution is 5.79. The van der Waals surface area contributed by atoms with E-state index >= 15 is 0 Å². The van der Waals surface area contributed by atoms with Gasteiger partial charge in [0.1, 0.15) is 5.54 Å². The Labute approximate surface area is 110 Å². The average Bonchev–Trinajstić information content (AvgIpc) is 2.34. The molecule has 0 radical (unpaired) electrons. The van der Waals surface area contributed by atoms with Crippen LogP contribution >= 0.6 is 0 Å². The minimum absolute atomic E-state index is 0.237. The molecule has 3 atom stereocenters. The van der Waals surface area contributed by atoms with Gasteiger partial charge >= 0.3 is 5.97 Å². The molecule has 0 aliphatic heterocycles. The summed E-state index contributed by atoms with van der Waals surface area (Å²) in [6.07, 6.45) is 8.97. The van der Waals surface area contributed by atoms with E-state index in [1.807, 2.05) is 0 Å². The van der Waals surface area contributed by atoms with Crippen molar-refractivity contribution in [2.75, 3.05) is 0 Å². The highest BCUT2D eigenvalue weighted by Crippen LogP contribution is 2.38. The predicted octanol–water partition coefficient (Wildman–Crippen LogP) is 3.19. The standard InChI is InChI=1S/C15H27NO2/c1-11-8-9-15(14(17)18,12(2)10-11)16-13-6-4-3-5-7-13/h11-13,16H,3-10H2,1-2H3,(H,17,18). The molecule has 0 spiro atoms. The first-order valence-corrected chi connectivity index (χ1v) is 7.55. The lowest BCUT2D eigenvalue weighted by atomic mass is 9.69. The fourth-order valence-electron chi connectivity index (χ4n) is 3.85. The number of carboxylic acids is 1. The van der Waals surface area contributed by atoms with E-state index in [0.717, 1.165) is 32.1 Å². The second kappa shape index (κ2) is 5.60. The fraction of sp³-hybridized carbons (Fsp3) is 0.933. The van der Waals surface area contributed by atoms with Crippen molar-refractivity contribution in [3.8, 4) is 0 Å². The largest absolute Gasteiger partial charge is 0.480 e. The Morgan fingerprint density at radius 3 is 2.39 bits per heavy atom. The summed E-state index contributed by atoms with van der Waals surface area (Å²) in [4.78, 5) is 11.8. The van der Waals surface area contributed by atoms with E-state index < -0.39 is 11.5 Å². The second-order valence-corrected chi connectivity index (χ2v) is 6.54. The zero-order chi connectivity index (χ0) is 13.2. The lowest BCUT2D eigenvalue weighted by molar-refractivity contribution is -0.150. The van der Waals surface area contributed by atoms with Gasteiger partial charge in [0, 0.05) is 6.04 Å². The van der Waals surface area contributed by atoms with Gasteiger partial charge in [0.15, 0.2) is 0 Å². The van der Waals surface area contributed by atoms with Gasteiger partial charge in [-0.25, -0.2) is 0 Å². The van der Waals surface area contributed by atoms with Crippen LogP contribution in [0.5, 0.6) is 0 Å². The maximum atomic E-state index is 11.8. The SMILES string of the molecule is CC1CCC(NC2CCCCC2)(C(=O)O)C(C)C1. The summed E-state index contributed by atoms with van der Waals surface area (Å²) >= 11 is 0. The van der Waals surface area contributed by atoms with E-state index in [0.29, 0.717) is 12.0 Å². The molecular weight excluding hydrogens is 226 g/mol. The van der Waals surface area contributed by atoms with Crippen LogP contribution in [-0.4, -0.2) is 22.7 Å². The molecule has 3 nitrogen and oxygen atoms in total. The van der Waals surface area contributed by atoms with Gasteiger partial charge in [0.25, 0.3) is 0 Å². The fourth-order valence-corrected chi connectivity index (χ4v) is 3.85. The summed E-state index contributed by atoms with van der Waals surface area (Å²) in [7, 11) is 0. The van der Waals surface area contributed by atoms with Gasteiger partial charge < -0.3 is 5.11 Å². The quantitative estimate of drug-likeness (QED) is 0.812. The molecule has 2 N–H and O–H groups in total. The monoisotopic (exact) mass is 253 g/mol. The molecule has 0 aromatic carbocycles. The van der Waals surface area contributed by atoms with Gasteiger partial charge in [-0.15, -0.1) is 0 Å². The molecule has 104 valence electrons. The zero-order valence-corrected chi connectivity index (χ0v) is 11.7. The van der Waals surface area contributed by atoms with Gasteiger partial charge in [-0.3, -0.25) is 10.1 Å². The molecule has 2 aliphatic rings.